The van der Waals surface area contributed by atoms with Gasteiger partial charge in [-0.15, -0.1) is 11.6 Å². The van der Waals surface area contributed by atoms with E-state index in [0.29, 0.717) is 13.1 Å². The van der Waals surface area contributed by atoms with Gasteiger partial charge in [-0.05, 0) is 18.1 Å². The van der Waals surface area contributed by atoms with Crippen LogP contribution in [0.5, 0.6) is 0 Å². The molecule has 0 spiro atoms. The Labute approximate surface area is 111 Å². The summed E-state index contributed by atoms with van der Waals surface area (Å²) in [6.45, 7) is 0.873. The molecule has 0 aliphatic heterocycles. The van der Waals surface area contributed by atoms with Crippen molar-refractivity contribution in [1.29, 1.82) is 0 Å². The zero-order valence-corrected chi connectivity index (χ0v) is 10.7. The first kappa shape index (κ1) is 14.4. The van der Waals surface area contributed by atoms with Crippen LogP contribution in [0, 0.1) is 0 Å². The summed E-state index contributed by atoms with van der Waals surface area (Å²) in [5.41, 5.74) is 1.08. The van der Waals surface area contributed by atoms with Gasteiger partial charge in [0.25, 0.3) is 0 Å². The van der Waals surface area contributed by atoms with Crippen molar-refractivity contribution in [3.8, 4) is 0 Å². The lowest BCUT2D eigenvalue weighted by molar-refractivity contribution is -0.121. The Morgan fingerprint density at radius 1 is 1.22 bits per heavy atom. The highest BCUT2D eigenvalue weighted by molar-refractivity contribution is 6.27. The van der Waals surface area contributed by atoms with Gasteiger partial charge in [0, 0.05) is 31.9 Å². The van der Waals surface area contributed by atoms with Crippen molar-refractivity contribution in [3.63, 3.8) is 0 Å². The van der Waals surface area contributed by atoms with Crippen molar-refractivity contribution in [3.05, 3.63) is 30.1 Å². The first-order valence-electron chi connectivity index (χ1n) is 5.70. The van der Waals surface area contributed by atoms with Crippen molar-refractivity contribution < 1.29 is 9.59 Å². The standard InChI is InChI=1S/C12H16ClN3O2/c13-8-12(18)16-7-4-11(17)15-6-3-10-2-1-5-14-9-10/h1-2,5,9H,3-4,6-8H2,(H,15,17)(H,16,18). The molecule has 1 heterocycles. The average Bonchev–Trinajstić information content (AvgIpc) is 2.39. The number of aromatic nitrogens is 1. The molecule has 1 aromatic heterocycles. The number of nitrogens with zero attached hydrogens (tertiary/aromatic N) is 1. The third kappa shape index (κ3) is 6.20. The first-order chi connectivity index (χ1) is 8.72. The quantitative estimate of drug-likeness (QED) is 0.708. The topological polar surface area (TPSA) is 71.1 Å². The van der Waals surface area contributed by atoms with Crippen LogP contribution in [-0.2, 0) is 16.0 Å². The Hall–Kier alpha value is -1.62. The second-order valence-corrected chi connectivity index (χ2v) is 3.96. The second kappa shape index (κ2) is 8.47. The van der Waals surface area contributed by atoms with E-state index in [0.717, 1.165) is 12.0 Å². The van der Waals surface area contributed by atoms with Gasteiger partial charge in [0.05, 0.1) is 0 Å². The maximum Gasteiger partial charge on any atom is 0.234 e. The monoisotopic (exact) mass is 269 g/mol. The molecule has 6 heteroatoms. The lowest BCUT2D eigenvalue weighted by Crippen LogP contribution is -2.32. The summed E-state index contributed by atoms with van der Waals surface area (Å²) in [6.07, 6.45) is 4.48. The van der Waals surface area contributed by atoms with Crippen molar-refractivity contribution in [2.45, 2.75) is 12.8 Å². The lowest BCUT2D eigenvalue weighted by atomic mass is 10.2. The fourth-order valence-electron chi connectivity index (χ4n) is 1.34. The van der Waals surface area contributed by atoms with Crippen LogP contribution < -0.4 is 10.6 Å². The van der Waals surface area contributed by atoms with Gasteiger partial charge in [-0.25, -0.2) is 0 Å². The number of nitrogens with one attached hydrogen (secondary N) is 2. The third-order valence-electron chi connectivity index (χ3n) is 2.25. The van der Waals surface area contributed by atoms with Crippen LogP contribution in [0.2, 0.25) is 0 Å². The summed E-state index contributed by atoms with van der Waals surface area (Å²) in [6, 6.07) is 3.82. The largest absolute Gasteiger partial charge is 0.356 e. The molecule has 0 radical (unpaired) electrons. The van der Waals surface area contributed by atoms with Crippen molar-refractivity contribution in [2.24, 2.45) is 0 Å². The van der Waals surface area contributed by atoms with Crippen LogP contribution in [0.3, 0.4) is 0 Å². The second-order valence-electron chi connectivity index (χ2n) is 3.69. The zero-order valence-electron chi connectivity index (χ0n) is 9.99. The van der Waals surface area contributed by atoms with Crippen LogP contribution in [0.25, 0.3) is 0 Å². The predicted octanol–water partition coefficient (Wildman–Crippen LogP) is 0.485. The summed E-state index contributed by atoms with van der Waals surface area (Å²) < 4.78 is 0. The molecule has 0 unspecified atom stereocenters. The lowest BCUT2D eigenvalue weighted by Gasteiger charge is -2.05. The van der Waals surface area contributed by atoms with E-state index in [-0.39, 0.29) is 24.1 Å². The van der Waals surface area contributed by atoms with Crippen LogP contribution in [-0.4, -0.2) is 35.8 Å². The zero-order chi connectivity index (χ0) is 13.2. The third-order valence-corrected chi connectivity index (χ3v) is 2.50. The Morgan fingerprint density at radius 3 is 2.67 bits per heavy atom. The number of alkyl halides is 1. The first-order valence-corrected chi connectivity index (χ1v) is 6.24. The van der Waals surface area contributed by atoms with E-state index in [1.165, 1.54) is 0 Å². The molecule has 2 amide bonds. The minimum atomic E-state index is -0.264. The van der Waals surface area contributed by atoms with Gasteiger partial charge in [-0.1, -0.05) is 6.07 Å². The molecule has 0 bridgehead atoms. The number of halogens is 1. The number of amides is 2. The van der Waals surface area contributed by atoms with Crippen LogP contribution >= 0.6 is 11.6 Å². The summed E-state index contributed by atoms with van der Waals surface area (Å²) in [5.74, 6) is -0.434. The van der Waals surface area contributed by atoms with Gasteiger partial charge in [0.15, 0.2) is 0 Å². The highest BCUT2D eigenvalue weighted by Crippen LogP contribution is 1.95. The number of carbonyl (C=O) groups excluding carboxylic acids is 2. The Balaban J connectivity index is 2.09. The smallest absolute Gasteiger partial charge is 0.234 e. The highest BCUT2D eigenvalue weighted by Gasteiger charge is 2.02. The van der Waals surface area contributed by atoms with Crippen LogP contribution in [0.4, 0.5) is 0 Å². The maximum absolute atomic E-state index is 11.4. The fraction of sp³-hybridized carbons (Fsp3) is 0.417. The van der Waals surface area contributed by atoms with E-state index >= 15 is 0 Å². The fourth-order valence-corrected chi connectivity index (χ4v) is 1.44. The van der Waals surface area contributed by atoms with Crippen molar-refractivity contribution in [2.75, 3.05) is 19.0 Å². The Kier molecular flexibility index (Phi) is 6.79. The SMILES string of the molecule is O=C(CCl)NCCC(=O)NCCc1cccnc1. The van der Waals surface area contributed by atoms with Crippen LogP contribution in [0.1, 0.15) is 12.0 Å². The number of pyridine rings is 1. The van der Waals surface area contributed by atoms with Crippen molar-refractivity contribution >= 4 is 23.4 Å². The molecule has 0 fully saturated rings. The molecule has 0 saturated carbocycles. The van der Waals surface area contributed by atoms with E-state index in [2.05, 4.69) is 15.6 Å². The molecule has 0 aromatic carbocycles. The number of rotatable bonds is 7. The van der Waals surface area contributed by atoms with E-state index in [1.54, 1.807) is 12.4 Å². The molecular weight excluding hydrogens is 254 g/mol. The van der Waals surface area contributed by atoms with Gasteiger partial charge in [-0.3, -0.25) is 14.6 Å². The van der Waals surface area contributed by atoms with Gasteiger partial charge in [0.1, 0.15) is 5.88 Å². The van der Waals surface area contributed by atoms with E-state index in [4.69, 9.17) is 11.6 Å². The van der Waals surface area contributed by atoms with Gasteiger partial charge in [0.2, 0.25) is 11.8 Å². The highest BCUT2D eigenvalue weighted by atomic mass is 35.5. The molecule has 18 heavy (non-hydrogen) atoms. The van der Waals surface area contributed by atoms with Crippen molar-refractivity contribution in [1.82, 2.24) is 15.6 Å². The molecule has 0 saturated heterocycles. The van der Waals surface area contributed by atoms with Gasteiger partial charge >= 0.3 is 0 Å². The van der Waals surface area contributed by atoms with E-state index < -0.39 is 0 Å². The molecule has 5 nitrogen and oxygen atoms in total. The molecule has 0 aliphatic carbocycles. The van der Waals surface area contributed by atoms with E-state index in [1.807, 2.05) is 12.1 Å². The molecule has 0 atom stereocenters. The summed E-state index contributed by atoms with van der Waals surface area (Å²) >= 11 is 5.30. The number of carbonyl (C=O) groups is 2. The summed E-state index contributed by atoms with van der Waals surface area (Å²) in [7, 11) is 0. The summed E-state index contributed by atoms with van der Waals surface area (Å²) in [4.78, 5) is 26.2. The normalized spacial score (nSPS) is 9.83. The van der Waals surface area contributed by atoms with E-state index in [9.17, 15) is 9.59 Å². The molecule has 2 N–H and O–H groups in total. The predicted molar refractivity (Wildman–Crippen MR) is 69.3 cm³/mol. The molecular formula is C12H16ClN3O2. The molecule has 0 aliphatic rings. The minimum Gasteiger partial charge on any atom is -0.356 e. The maximum atomic E-state index is 11.4. The molecule has 1 rings (SSSR count). The van der Waals surface area contributed by atoms with Crippen LogP contribution in [0.15, 0.2) is 24.5 Å². The van der Waals surface area contributed by atoms with Gasteiger partial charge < -0.3 is 10.6 Å². The minimum absolute atomic E-state index is 0.0807. The Bertz CT molecular complexity index is 384. The molecule has 98 valence electrons. The molecule has 1 aromatic rings. The number of hydrogen-bond donors (Lipinski definition) is 2. The van der Waals surface area contributed by atoms with Gasteiger partial charge in [-0.2, -0.15) is 0 Å². The average molecular weight is 270 g/mol. The number of hydrogen-bond acceptors (Lipinski definition) is 3. The summed E-state index contributed by atoms with van der Waals surface area (Å²) in [5, 5.41) is 5.30. The Morgan fingerprint density at radius 2 is 2.00 bits per heavy atom.